The Labute approximate surface area is 155 Å². The highest BCUT2D eigenvalue weighted by atomic mass is 32.2. The van der Waals surface area contributed by atoms with Gasteiger partial charge in [-0.05, 0) is 37.1 Å². The predicted molar refractivity (Wildman–Crippen MR) is 103 cm³/mol. The minimum atomic E-state index is -3.65. The Morgan fingerprint density at radius 1 is 1.15 bits per heavy atom. The lowest BCUT2D eigenvalue weighted by molar-refractivity contribution is 0.307. The van der Waals surface area contributed by atoms with E-state index in [1.54, 1.807) is 18.2 Å². The molecule has 0 unspecified atom stereocenters. The van der Waals surface area contributed by atoms with Crippen LogP contribution in [0.25, 0.3) is 0 Å². The van der Waals surface area contributed by atoms with Gasteiger partial charge >= 0.3 is 0 Å². The second-order valence-electron chi connectivity index (χ2n) is 6.28. The van der Waals surface area contributed by atoms with Crippen LogP contribution in [0.15, 0.2) is 58.4 Å². The van der Waals surface area contributed by atoms with Crippen LogP contribution in [0.1, 0.15) is 30.9 Å². The Kier molecular flexibility index (Phi) is 5.61. The SMILES string of the molecule is CCCCOc1ccc(S(=O)(=O)N2CCN=C2c2ccccc2)cc1C. The van der Waals surface area contributed by atoms with Crippen molar-refractivity contribution in [3.63, 3.8) is 0 Å². The maximum absolute atomic E-state index is 13.1. The maximum atomic E-state index is 13.1. The van der Waals surface area contributed by atoms with E-state index in [4.69, 9.17) is 4.74 Å². The summed E-state index contributed by atoms with van der Waals surface area (Å²) in [5.41, 5.74) is 1.63. The van der Waals surface area contributed by atoms with Gasteiger partial charge in [-0.3, -0.25) is 4.99 Å². The number of hydrogen-bond donors (Lipinski definition) is 0. The summed E-state index contributed by atoms with van der Waals surface area (Å²) in [5.74, 6) is 1.24. The van der Waals surface area contributed by atoms with Gasteiger partial charge < -0.3 is 4.74 Å². The number of unbranched alkanes of at least 4 members (excludes halogenated alkanes) is 1. The maximum Gasteiger partial charge on any atom is 0.265 e. The highest BCUT2D eigenvalue weighted by molar-refractivity contribution is 7.89. The van der Waals surface area contributed by atoms with Gasteiger partial charge in [0.2, 0.25) is 0 Å². The van der Waals surface area contributed by atoms with Crippen LogP contribution in [-0.4, -0.2) is 38.3 Å². The first-order chi connectivity index (χ1) is 12.5. The third-order valence-corrected chi connectivity index (χ3v) is 6.11. The number of aliphatic imine (C=N–C) groups is 1. The van der Waals surface area contributed by atoms with E-state index in [1.165, 1.54) is 4.31 Å². The summed E-state index contributed by atoms with van der Waals surface area (Å²) in [6.07, 6.45) is 2.03. The molecule has 0 bridgehead atoms. The lowest BCUT2D eigenvalue weighted by Gasteiger charge is -2.21. The fourth-order valence-corrected chi connectivity index (χ4v) is 4.42. The van der Waals surface area contributed by atoms with Crippen LogP contribution < -0.4 is 4.74 Å². The number of nitrogens with zero attached hydrogens (tertiary/aromatic N) is 2. The van der Waals surface area contributed by atoms with Crippen molar-refractivity contribution < 1.29 is 13.2 Å². The van der Waals surface area contributed by atoms with Crippen LogP contribution in [0.4, 0.5) is 0 Å². The van der Waals surface area contributed by atoms with Gasteiger partial charge in [-0.25, -0.2) is 12.7 Å². The molecule has 2 aromatic rings. The Hall–Kier alpha value is -2.34. The van der Waals surface area contributed by atoms with Gasteiger partial charge in [-0.2, -0.15) is 0 Å². The van der Waals surface area contributed by atoms with Gasteiger partial charge in [-0.15, -0.1) is 0 Å². The van der Waals surface area contributed by atoms with Gasteiger partial charge in [0.25, 0.3) is 10.0 Å². The van der Waals surface area contributed by atoms with E-state index in [-0.39, 0.29) is 4.90 Å². The molecule has 0 aliphatic carbocycles. The summed E-state index contributed by atoms with van der Waals surface area (Å²) in [6, 6.07) is 14.5. The molecule has 0 atom stereocenters. The minimum Gasteiger partial charge on any atom is -0.493 e. The molecule has 0 radical (unpaired) electrons. The molecule has 0 aromatic heterocycles. The highest BCUT2D eigenvalue weighted by Gasteiger charge is 2.31. The first-order valence-electron chi connectivity index (χ1n) is 8.90. The Bertz CT molecular complexity index is 893. The van der Waals surface area contributed by atoms with Crippen LogP contribution >= 0.6 is 0 Å². The molecule has 0 fully saturated rings. The molecule has 1 aliphatic heterocycles. The normalized spacial score (nSPS) is 14.4. The number of rotatable bonds is 7. The summed E-state index contributed by atoms with van der Waals surface area (Å²) in [7, 11) is -3.65. The van der Waals surface area contributed by atoms with Crippen LogP contribution in [0.2, 0.25) is 0 Å². The van der Waals surface area contributed by atoms with Crippen molar-refractivity contribution in [3.8, 4) is 5.75 Å². The van der Waals surface area contributed by atoms with Crippen molar-refractivity contribution >= 4 is 15.9 Å². The molecule has 138 valence electrons. The largest absolute Gasteiger partial charge is 0.493 e. The summed E-state index contributed by atoms with van der Waals surface area (Å²) in [4.78, 5) is 4.67. The van der Waals surface area contributed by atoms with E-state index >= 15 is 0 Å². The molecule has 1 heterocycles. The molecule has 0 N–H and O–H groups in total. The molecular formula is C20H24N2O3S. The van der Waals surface area contributed by atoms with Gasteiger partial charge in [0.1, 0.15) is 11.6 Å². The van der Waals surface area contributed by atoms with E-state index in [0.29, 0.717) is 25.5 Å². The zero-order valence-corrected chi connectivity index (χ0v) is 16.0. The van der Waals surface area contributed by atoms with Gasteiger partial charge in [-0.1, -0.05) is 43.7 Å². The number of sulfonamides is 1. The van der Waals surface area contributed by atoms with Crippen molar-refractivity contribution in [3.05, 3.63) is 59.7 Å². The molecule has 0 amide bonds. The minimum absolute atomic E-state index is 0.267. The lowest BCUT2D eigenvalue weighted by Crippen LogP contribution is -2.34. The topological polar surface area (TPSA) is 59.0 Å². The quantitative estimate of drug-likeness (QED) is 0.698. The third kappa shape index (κ3) is 3.75. The average molecular weight is 372 g/mol. The fourth-order valence-electron chi connectivity index (χ4n) is 2.89. The standard InChI is InChI=1S/C20H24N2O3S/c1-3-4-14-25-19-11-10-18(15-16(19)2)26(23,24)22-13-12-21-20(22)17-8-6-5-7-9-17/h5-11,15H,3-4,12-14H2,1-2H3. The van der Waals surface area contributed by atoms with Crippen LogP contribution in [0.5, 0.6) is 5.75 Å². The van der Waals surface area contributed by atoms with E-state index in [1.807, 2.05) is 37.3 Å². The Morgan fingerprint density at radius 3 is 2.62 bits per heavy atom. The first kappa shape index (κ1) is 18.5. The molecule has 0 spiro atoms. The first-order valence-corrected chi connectivity index (χ1v) is 10.3. The Morgan fingerprint density at radius 2 is 1.92 bits per heavy atom. The molecular weight excluding hydrogens is 348 g/mol. The number of hydrogen-bond acceptors (Lipinski definition) is 4. The molecule has 0 saturated heterocycles. The van der Waals surface area contributed by atoms with Crippen molar-refractivity contribution in [1.29, 1.82) is 0 Å². The third-order valence-electron chi connectivity index (χ3n) is 4.32. The molecule has 5 nitrogen and oxygen atoms in total. The molecule has 3 rings (SSSR count). The van der Waals surface area contributed by atoms with Crippen LogP contribution in [0, 0.1) is 6.92 Å². The number of benzene rings is 2. The van der Waals surface area contributed by atoms with Crippen molar-refractivity contribution in [2.75, 3.05) is 19.7 Å². The zero-order valence-electron chi connectivity index (χ0n) is 15.2. The molecule has 6 heteroatoms. The van der Waals surface area contributed by atoms with Gasteiger partial charge in [0.15, 0.2) is 0 Å². The van der Waals surface area contributed by atoms with E-state index in [0.717, 1.165) is 29.7 Å². The summed E-state index contributed by atoms with van der Waals surface area (Å²) in [5, 5.41) is 0. The molecule has 1 aliphatic rings. The van der Waals surface area contributed by atoms with Crippen molar-refractivity contribution in [2.45, 2.75) is 31.6 Å². The average Bonchev–Trinajstić information content (AvgIpc) is 3.14. The van der Waals surface area contributed by atoms with Crippen LogP contribution in [-0.2, 0) is 10.0 Å². The lowest BCUT2D eigenvalue weighted by atomic mass is 10.2. The highest BCUT2D eigenvalue weighted by Crippen LogP contribution is 2.26. The number of amidine groups is 1. The summed E-state index contributed by atoms with van der Waals surface area (Å²) in [6.45, 7) is 5.45. The second kappa shape index (κ2) is 7.91. The van der Waals surface area contributed by atoms with E-state index in [9.17, 15) is 8.42 Å². The molecule has 0 saturated carbocycles. The van der Waals surface area contributed by atoms with Gasteiger partial charge in [0, 0.05) is 5.56 Å². The van der Waals surface area contributed by atoms with Crippen LogP contribution in [0.3, 0.4) is 0 Å². The monoisotopic (exact) mass is 372 g/mol. The van der Waals surface area contributed by atoms with Crippen molar-refractivity contribution in [2.24, 2.45) is 4.99 Å². The summed E-state index contributed by atoms with van der Waals surface area (Å²) >= 11 is 0. The summed E-state index contributed by atoms with van der Waals surface area (Å²) < 4.78 is 33.4. The molecule has 2 aromatic carbocycles. The second-order valence-corrected chi connectivity index (χ2v) is 8.14. The fraction of sp³-hybridized carbons (Fsp3) is 0.350. The zero-order chi connectivity index (χ0) is 18.6. The number of ether oxygens (including phenoxy) is 1. The van der Waals surface area contributed by atoms with Crippen molar-refractivity contribution in [1.82, 2.24) is 4.31 Å². The number of aryl methyl sites for hydroxylation is 1. The molecule has 26 heavy (non-hydrogen) atoms. The smallest absolute Gasteiger partial charge is 0.265 e. The predicted octanol–water partition coefficient (Wildman–Crippen LogP) is 3.63. The van der Waals surface area contributed by atoms with E-state index in [2.05, 4.69) is 11.9 Å². The van der Waals surface area contributed by atoms with Gasteiger partial charge in [0.05, 0.1) is 24.6 Å². The van der Waals surface area contributed by atoms with E-state index < -0.39 is 10.0 Å². The Balaban J connectivity index is 1.86.